The highest BCUT2D eigenvalue weighted by molar-refractivity contribution is 7.87. The van der Waals surface area contributed by atoms with Crippen molar-refractivity contribution in [3.05, 3.63) is 24.3 Å². The summed E-state index contributed by atoms with van der Waals surface area (Å²) in [5.41, 5.74) is 2.22. The molecule has 1 saturated carbocycles. The second-order valence-electron chi connectivity index (χ2n) is 7.91. The third-order valence-electron chi connectivity index (χ3n) is 5.99. The molecule has 2 unspecified atom stereocenters. The van der Waals surface area contributed by atoms with E-state index in [-0.39, 0.29) is 17.9 Å². The van der Waals surface area contributed by atoms with Crippen LogP contribution < -0.4 is 4.72 Å². The molecule has 0 bridgehead atoms. The van der Waals surface area contributed by atoms with Gasteiger partial charge in [0, 0.05) is 18.2 Å². The zero-order valence-electron chi connectivity index (χ0n) is 15.7. The smallest absolute Gasteiger partial charge is 0.280 e. The van der Waals surface area contributed by atoms with Gasteiger partial charge < -0.3 is 4.98 Å². The normalized spacial score (nSPS) is 27.6. The zero-order valence-corrected chi connectivity index (χ0v) is 16.5. The Balaban J connectivity index is 1.42. The highest BCUT2D eigenvalue weighted by atomic mass is 32.2. The molecule has 0 aromatic carbocycles. The van der Waals surface area contributed by atoms with Crippen LogP contribution in [-0.4, -0.2) is 62.3 Å². The van der Waals surface area contributed by atoms with Crippen molar-refractivity contribution in [2.75, 3.05) is 13.1 Å². The minimum atomic E-state index is -3.92. The van der Waals surface area contributed by atoms with Gasteiger partial charge in [0.25, 0.3) is 16.1 Å². The molecule has 29 heavy (non-hydrogen) atoms. The number of rotatable bonds is 5. The lowest BCUT2D eigenvalue weighted by atomic mass is 9.93. The molecule has 2 fully saturated rings. The molecular formula is C17H21F2N7O2S. The molecule has 156 valence electrons. The monoisotopic (exact) mass is 425 g/mol. The molecule has 3 atom stereocenters. The molecule has 1 aliphatic heterocycles. The quantitative estimate of drug-likeness (QED) is 0.646. The van der Waals surface area contributed by atoms with Gasteiger partial charge in [0.05, 0.1) is 24.8 Å². The van der Waals surface area contributed by atoms with E-state index in [1.807, 2.05) is 10.5 Å². The van der Waals surface area contributed by atoms with Crippen molar-refractivity contribution in [1.29, 1.82) is 0 Å². The number of aromatic nitrogens is 5. The van der Waals surface area contributed by atoms with Gasteiger partial charge in [-0.1, -0.05) is 13.3 Å². The van der Waals surface area contributed by atoms with Crippen molar-refractivity contribution in [3.63, 3.8) is 0 Å². The van der Waals surface area contributed by atoms with Crippen molar-refractivity contribution in [3.8, 4) is 0 Å². The summed E-state index contributed by atoms with van der Waals surface area (Å²) in [5.74, 6) is -1.96. The lowest BCUT2D eigenvalue weighted by Gasteiger charge is -2.37. The number of aromatic amines is 1. The first-order valence-corrected chi connectivity index (χ1v) is 11.0. The summed E-state index contributed by atoms with van der Waals surface area (Å²) in [6.45, 7) is 0.535. The highest BCUT2D eigenvalue weighted by Crippen LogP contribution is 2.42. The van der Waals surface area contributed by atoms with Crippen molar-refractivity contribution in [2.24, 2.45) is 5.92 Å². The summed E-state index contributed by atoms with van der Waals surface area (Å²) in [4.78, 5) is 7.39. The largest absolute Gasteiger partial charge is 0.345 e. The van der Waals surface area contributed by atoms with Crippen molar-refractivity contribution >= 4 is 27.0 Å². The number of nitrogens with zero attached hydrogens (tertiary/aromatic N) is 5. The number of alkyl halides is 2. The predicted molar refractivity (Wildman–Crippen MR) is 101 cm³/mol. The molecule has 3 aromatic rings. The zero-order chi connectivity index (χ0) is 20.4. The Morgan fingerprint density at radius 2 is 2.10 bits per heavy atom. The first-order valence-electron chi connectivity index (χ1n) is 9.60. The van der Waals surface area contributed by atoms with E-state index in [0.717, 1.165) is 27.7 Å². The average molecular weight is 425 g/mol. The average Bonchev–Trinajstić information content (AvgIpc) is 3.35. The highest BCUT2D eigenvalue weighted by Gasteiger charge is 2.50. The van der Waals surface area contributed by atoms with Crippen LogP contribution in [0.25, 0.3) is 16.8 Å². The van der Waals surface area contributed by atoms with Crippen LogP contribution in [0.5, 0.6) is 0 Å². The van der Waals surface area contributed by atoms with Gasteiger partial charge in [-0.25, -0.2) is 13.8 Å². The number of H-pyrrole nitrogens is 1. The summed E-state index contributed by atoms with van der Waals surface area (Å²) in [5, 5.41) is 8.62. The standard InChI is InChI=1S/C17H21F2N7O2S/c1-2-10-5-11(24-29(27,28)25-8-17(18,19)9-25)6-12(10)16-23-22-14-7-21-15-13(26(14)16)3-4-20-15/h3-4,7,10-12,20,24H,2,5-6,8-9H2,1H3/t10?,11-,12?/m0/s1. The molecule has 12 heteroatoms. The Labute approximate surface area is 165 Å². The lowest BCUT2D eigenvalue weighted by molar-refractivity contribution is -0.0950. The number of nitrogens with one attached hydrogen (secondary N) is 2. The van der Waals surface area contributed by atoms with Gasteiger partial charge in [-0.15, -0.1) is 10.2 Å². The van der Waals surface area contributed by atoms with Gasteiger partial charge in [0.2, 0.25) is 0 Å². The van der Waals surface area contributed by atoms with E-state index in [2.05, 4.69) is 31.8 Å². The number of hydrogen-bond donors (Lipinski definition) is 2. The topological polar surface area (TPSA) is 108 Å². The Hall–Kier alpha value is -2.18. The molecule has 1 saturated heterocycles. The van der Waals surface area contributed by atoms with Crippen LogP contribution in [0.3, 0.4) is 0 Å². The second kappa shape index (κ2) is 6.41. The van der Waals surface area contributed by atoms with E-state index >= 15 is 0 Å². The maximum Gasteiger partial charge on any atom is 0.280 e. The molecule has 9 nitrogen and oxygen atoms in total. The Bertz CT molecular complexity index is 1170. The van der Waals surface area contributed by atoms with Gasteiger partial charge in [-0.05, 0) is 24.8 Å². The van der Waals surface area contributed by atoms with E-state index in [1.54, 1.807) is 12.4 Å². The van der Waals surface area contributed by atoms with Crippen LogP contribution in [0.15, 0.2) is 18.5 Å². The molecule has 1 aliphatic carbocycles. The Kier molecular flexibility index (Phi) is 4.16. The lowest BCUT2D eigenvalue weighted by Crippen LogP contribution is -2.61. The predicted octanol–water partition coefficient (Wildman–Crippen LogP) is 1.66. The molecule has 5 rings (SSSR count). The van der Waals surface area contributed by atoms with Crippen molar-refractivity contribution in [1.82, 2.24) is 33.6 Å². The molecule has 2 aliphatic rings. The van der Waals surface area contributed by atoms with Crippen LogP contribution in [0.4, 0.5) is 8.78 Å². The summed E-state index contributed by atoms with van der Waals surface area (Å²) < 4.78 is 56.4. The first-order chi connectivity index (χ1) is 13.8. The summed E-state index contributed by atoms with van der Waals surface area (Å²) in [7, 11) is -3.92. The maximum atomic E-state index is 13.1. The van der Waals surface area contributed by atoms with E-state index in [9.17, 15) is 17.2 Å². The number of fused-ring (bicyclic) bond motifs is 3. The van der Waals surface area contributed by atoms with Gasteiger partial charge in [-0.2, -0.15) is 17.4 Å². The SMILES string of the molecule is CCC1C[C@H](NS(=O)(=O)N2CC(F)(F)C2)CC1c1nnc2cnc3[nH]ccc3n12. The van der Waals surface area contributed by atoms with Gasteiger partial charge in [-0.3, -0.25) is 4.40 Å². The summed E-state index contributed by atoms with van der Waals surface area (Å²) in [6.07, 6.45) is 5.46. The van der Waals surface area contributed by atoms with E-state index in [1.165, 1.54) is 0 Å². The van der Waals surface area contributed by atoms with E-state index in [4.69, 9.17) is 0 Å². The van der Waals surface area contributed by atoms with Crippen LogP contribution in [0.2, 0.25) is 0 Å². The molecule has 0 radical (unpaired) electrons. The van der Waals surface area contributed by atoms with Crippen LogP contribution in [0.1, 0.15) is 37.9 Å². The van der Waals surface area contributed by atoms with Crippen LogP contribution >= 0.6 is 0 Å². The van der Waals surface area contributed by atoms with Crippen LogP contribution in [-0.2, 0) is 10.2 Å². The van der Waals surface area contributed by atoms with Crippen molar-refractivity contribution < 1.29 is 17.2 Å². The Morgan fingerprint density at radius 3 is 2.83 bits per heavy atom. The number of halogens is 2. The fraction of sp³-hybridized carbons (Fsp3) is 0.588. The fourth-order valence-electron chi connectivity index (χ4n) is 4.55. The summed E-state index contributed by atoms with van der Waals surface area (Å²) in [6, 6.07) is 1.57. The minimum Gasteiger partial charge on any atom is -0.345 e. The minimum absolute atomic E-state index is 0.000955. The third-order valence-corrected chi connectivity index (χ3v) is 7.56. The summed E-state index contributed by atoms with van der Waals surface area (Å²) >= 11 is 0. The van der Waals surface area contributed by atoms with Crippen LogP contribution in [0, 0.1) is 5.92 Å². The fourth-order valence-corrected chi connectivity index (χ4v) is 6.03. The van der Waals surface area contributed by atoms with Gasteiger partial charge in [0.1, 0.15) is 5.82 Å². The molecule has 0 amide bonds. The van der Waals surface area contributed by atoms with Crippen molar-refractivity contribution in [2.45, 2.75) is 44.1 Å². The molecule has 2 N–H and O–H groups in total. The third kappa shape index (κ3) is 3.09. The maximum absolute atomic E-state index is 13.1. The molecule has 4 heterocycles. The van der Waals surface area contributed by atoms with Gasteiger partial charge in [0.15, 0.2) is 11.3 Å². The Morgan fingerprint density at radius 1 is 1.31 bits per heavy atom. The number of hydrogen-bond acceptors (Lipinski definition) is 5. The first kappa shape index (κ1) is 18.8. The molecular weight excluding hydrogens is 404 g/mol. The second-order valence-corrected chi connectivity index (χ2v) is 9.61. The van der Waals surface area contributed by atoms with E-state index < -0.39 is 29.2 Å². The molecule has 0 spiro atoms. The van der Waals surface area contributed by atoms with E-state index in [0.29, 0.717) is 18.5 Å². The van der Waals surface area contributed by atoms with Gasteiger partial charge >= 0.3 is 0 Å². The molecule has 3 aromatic heterocycles.